The molecule has 1 aromatic rings. The molecule has 0 unspecified atom stereocenters. The van der Waals surface area contributed by atoms with Crippen molar-refractivity contribution in [2.45, 2.75) is 39.7 Å². The maximum absolute atomic E-state index is 12.2. The standard InChI is InChI=1S/C16H24N2O2.ClH/c1-11(2)20-15-5-4-14(10-12(15)3)18-16(19)13-6-8-17-9-7-13;/h4-5,10-11,13,17H,6-9H2,1-3H3,(H,18,19);1H. The molecule has 1 fully saturated rings. The fourth-order valence-electron chi connectivity index (χ4n) is 2.44. The van der Waals surface area contributed by atoms with Gasteiger partial charge in [-0.05, 0) is 70.5 Å². The minimum Gasteiger partial charge on any atom is -0.491 e. The molecule has 118 valence electrons. The molecule has 0 radical (unpaired) electrons. The van der Waals surface area contributed by atoms with Gasteiger partial charge in [0.15, 0.2) is 0 Å². The number of carbonyl (C=O) groups excluding carboxylic acids is 1. The number of ether oxygens (including phenoxy) is 1. The number of benzene rings is 1. The Balaban J connectivity index is 0.00000220. The third-order valence-corrected chi connectivity index (χ3v) is 3.52. The quantitative estimate of drug-likeness (QED) is 0.898. The van der Waals surface area contributed by atoms with E-state index in [1.807, 2.05) is 39.0 Å². The number of rotatable bonds is 4. The van der Waals surface area contributed by atoms with Crippen LogP contribution >= 0.6 is 12.4 Å². The van der Waals surface area contributed by atoms with Crippen LogP contribution in [0.15, 0.2) is 18.2 Å². The third-order valence-electron chi connectivity index (χ3n) is 3.52. The first-order valence-corrected chi connectivity index (χ1v) is 7.35. The summed E-state index contributed by atoms with van der Waals surface area (Å²) in [6.45, 7) is 7.87. The van der Waals surface area contributed by atoms with Crippen LogP contribution in [0.2, 0.25) is 0 Å². The molecule has 1 aromatic carbocycles. The van der Waals surface area contributed by atoms with Gasteiger partial charge >= 0.3 is 0 Å². The summed E-state index contributed by atoms with van der Waals surface area (Å²) in [5.41, 5.74) is 1.89. The molecule has 0 saturated carbocycles. The zero-order chi connectivity index (χ0) is 14.5. The topological polar surface area (TPSA) is 50.4 Å². The van der Waals surface area contributed by atoms with Gasteiger partial charge in [0.1, 0.15) is 5.75 Å². The van der Waals surface area contributed by atoms with Crippen LogP contribution < -0.4 is 15.4 Å². The molecule has 0 bridgehead atoms. The summed E-state index contributed by atoms with van der Waals surface area (Å²) in [5.74, 6) is 1.13. The summed E-state index contributed by atoms with van der Waals surface area (Å²) in [6, 6.07) is 5.80. The van der Waals surface area contributed by atoms with E-state index in [2.05, 4.69) is 10.6 Å². The highest BCUT2D eigenvalue weighted by Crippen LogP contribution is 2.24. The summed E-state index contributed by atoms with van der Waals surface area (Å²) < 4.78 is 5.70. The second-order valence-electron chi connectivity index (χ2n) is 5.66. The SMILES string of the molecule is Cc1cc(NC(=O)C2CCNCC2)ccc1OC(C)C.Cl. The summed E-state index contributed by atoms with van der Waals surface area (Å²) in [5, 5.41) is 6.28. The summed E-state index contributed by atoms with van der Waals surface area (Å²) in [4.78, 5) is 12.2. The molecule has 1 aliphatic heterocycles. The van der Waals surface area contributed by atoms with E-state index in [0.717, 1.165) is 42.9 Å². The molecule has 1 amide bonds. The van der Waals surface area contributed by atoms with Gasteiger partial charge in [-0.25, -0.2) is 0 Å². The Bertz CT molecular complexity index is 471. The van der Waals surface area contributed by atoms with Crippen LogP contribution in [0.5, 0.6) is 5.75 Å². The molecule has 0 aliphatic carbocycles. The Morgan fingerprint density at radius 1 is 1.33 bits per heavy atom. The predicted octanol–water partition coefficient (Wildman–Crippen LogP) is 3.14. The number of nitrogens with one attached hydrogen (secondary N) is 2. The highest BCUT2D eigenvalue weighted by molar-refractivity contribution is 5.92. The first-order valence-electron chi connectivity index (χ1n) is 7.35. The average molecular weight is 313 g/mol. The van der Waals surface area contributed by atoms with E-state index < -0.39 is 0 Å². The van der Waals surface area contributed by atoms with E-state index in [0.29, 0.717) is 0 Å². The van der Waals surface area contributed by atoms with E-state index in [4.69, 9.17) is 4.74 Å². The molecule has 0 spiro atoms. The molecule has 4 nitrogen and oxygen atoms in total. The number of halogens is 1. The van der Waals surface area contributed by atoms with Gasteiger partial charge in [-0.3, -0.25) is 4.79 Å². The minimum atomic E-state index is 0. The van der Waals surface area contributed by atoms with E-state index >= 15 is 0 Å². The van der Waals surface area contributed by atoms with Crippen molar-refractivity contribution in [3.8, 4) is 5.75 Å². The van der Waals surface area contributed by atoms with Gasteiger partial charge in [-0.15, -0.1) is 12.4 Å². The lowest BCUT2D eigenvalue weighted by molar-refractivity contribution is -0.120. The predicted molar refractivity (Wildman–Crippen MR) is 88.4 cm³/mol. The van der Waals surface area contributed by atoms with Crippen LogP contribution in [0.4, 0.5) is 5.69 Å². The van der Waals surface area contributed by atoms with Crippen LogP contribution in [-0.4, -0.2) is 25.1 Å². The Labute approximate surface area is 133 Å². The number of piperidine rings is 1. The molecule has 0 atom stereocenters. The van der Waals surface area contributed by atoms with E-state index in [9.17, 15) is 4.79 Å². The van der Waals surface area contributed by atoms with Crippen LogP contribution in [0, 0.1) is 12.8 Å². The number of amides is 1. The van der Waals surface area contributed by atoms with Crippen molar-refractivity contribution < 1.29 is 9.53 Å². The van der Waals surface area contributed by atoms with Crippen LogP contribution in [0.3, 0.4) is 0 Å². The van der Waals surface area contributed by atoms with Gasteiger partial charge < -0.3 is 15.4 Å². The van der Waals surface area contributed by atoms with Gasteiger partial charge in [-0.2, -0.15) is 0 Å². The molecule has 0 aromatic heterocycles. The normalized spacial score (nSPS) is 15.4. The van der Waals surface area contributed by atoms with Crippen LogP contribution in [0.1, 0.15) is 32.3 Å². The molecule has 1 saturated heterocycles. The van der Waals surface area contributed by atoms with Crippen molar-refractivity contribution in [2.24, 2.45) is 5.92 Å². The third kappa shape index (κ3) is 5.21. The minimum absolute atomic E-state index is 0. The second kappa shape index (κ2) is 8.25. The van der Waals surface area contributed by atoms with Crippen molar-refractivity contribution in [1.82, 2.24) is 5.32 Å². The molecular weight excluding hydrogens is 288 g/mol. The summed E-state index contributed by atoms with van der Waals surface area (Å²) in [6.07, 6.45) is 1.99. The maximum atomic E-state index is 12.2. The highest BCUT2D eigenvalue weighted by atomic mass is 35.5. The Morgan fingerprint density at radius 3 is 2.57 bits per heavy atom. The monoisotopic (exact) mass is 312 g/mol. The van der Waals surface area contributed by atoms with E-state index in [1.54, 1.807) is 0 Å². The number of hydrogen-bond donors (Lipinski definition) is 2. The molecule has 1 heterocycles. The molecule has 2 rings (SSSR count). The fourth-order valence-corrected chi connectivity index (χ4v) is 2.44. The van der Waals surface area contributed by atoms with Crippen molar-refractivity contribution >= 4 is 24.0 Å². The number of carbonyl (C=O) groups is 1. The van der Waals surface area contributed by atoms with Crippen molar-refractivity contribution in [3.05, 3.63) is 23.8 Å². The molecule has 21 heavy (non-hydrogen) atoms. The van der Waals surface area contributed by atoms with Crippen molar-refractivity contribution in [1.29, 1.82) is 0 Å². The molecule has 5 heteroatoms. The van der Waals surface area contributed by atoms with E-state index in [1.165, 1.54) is 0 Å². The lowest BCUT2D eigenvalue weighted by atomic mass is 9.97. The number of anilines is 1. The Kier molecular flexibility index (Phi) is 6.99. The van der Waals surface area contributed by atoms with Crippen LogP contribution in [-0.2, 0) is 4.79 Å². The zero-order valence-electron chi connectivity index (χ0n) is 12.9. The zero-order valence-corrected chi connectivity index (χ0v) is 13.8. The number of aryl methyl sites for hydroxylation is 1. The Hall–Kier alpha value is -1.26. The lowest BCUT2D eigenvalue weighted by Crippen LogP contribution is -2.34. The first kappa shape index (κ1) is 17.8. The van der Waals surface area contributed by atoms with E-state index in [-0.39, 0.29) is 30.3 Å². The summed E-state index contributed by atoms with van der Waals surface area (Å²) >= 11 is 0. The van der Waals surface area contributed by atoms with Gasteiger partial charge in [0, 0.05) is 11.6 Å². The smallest absolute Gasteiger partial charge is 0.227 e. The Morgan fingerprint density at radius 2 is 2.00 bits per heavy atom. The summed E-state index contributed by atoms with van der Waals surface area (Å²) in [7, 11) is 0. The van der Waals surface area contributed by atoms with Crippen molar-refractivity contribution in [2.75, 3.05) is 18.4 Å². The van der Waals surface area contributed by atoms with Gasteiger partial charge in [-0.1, -0.05) is 0 Å². The average Bonchev–Trinajstić information content (AvgIpc) is 2.42. The van der Waals surface area contributed by atoms with Gasteiger partial charge in [0.2, 0.25) is 5.91 Å². The fraction of sp³-hybridized carbons (Fsp3) is 0.562. The van der Waals surface area contributed by atoms with Gasteiger partial charge in [0.25, 0.3) is 0 Å². The van der Waals surface area contributed by atoms with Gasteiger partial charge in [0.05, 0.1) is 6.10 Å². The number of hydrogen-bond acceptors (Lipinski definition) is 3. The van der Waals surface area contributed by atoms with Crippen LogP contribution in [0.25, 0.3) is 0 Å². The molecule has 2 N–H and O–H groups in total. The molecule has 1 aliphatic rings. The highest BCUT2D eigenvalue weighted by Gasteiger charge is 2.20. The van der Waals surface area contributed by atoms with Crippen molar-refractivity contribution in [3.63, 3.8) is 0 Å². The molecular formula is C16H25ClN2O2. The maximum Gasteiger partial charge on any atom is 0.227 e. The largest absolute Gasteiger partial charge is 0.491 e. The second-order valence-corrected chi connectivity index (χ2v) is 5.66. The lowest BCUT2D eigenvalue weighted by Gasteiger charge is -2.22. The first-order chi connectivity index (χ1) is 9.56.